The molecule has 1 saturated carbocycles. The van der Waals surface area contributed by atoms with Crippen molar-refractivity contribution in [3.05, 3.63) is 47.9 Å². The van der Waals surface area contributed by atoms with Crippen LogP contribution in [0.4, 0.5) is 11.4 Å². The molecular weight excluding hydrogens is 268 g/mol. The number of anilines is 2. The van der Waals surface area contributed by atoms with E-state index in [1.165, 1.54) is 6.26 Å². The van der Waals surface area contributed by atoms with Crippen molar-refractivity contribution in [2.24, 2.45) is 5.92 Å². The molecule has 2 N–H and O–H groups in total. The van der Waals surface area contributed by atoms with Crippen LogP contribution >= 0.6 is 0 Å². The van der Waals surface area contributed by atoms with E-state index in [0.29, 0.717) is 5.69 Å². The van der Waals surface area contributed by atoms with Crippen LogP contribution in [0.5, 0.6) is 0 Å². The van der Waals surface area contributed by atoms with Gasteiger partial charge in [0, 0.05) is 17.3 Å². The summed E-state index contributed by atoms with van der Waals surface area (Å²) in [7, 11) is 0. The van der Waals surface area contributed by atoms with Crippen molar-refractivity contribution in [2.75, 3.05) is 10.6 Å². The Labute approximate surface area is 122 Å². The van der Waals surface area contributed by atoms with E-state index < -0.39 is 0 Å². The van der Waals surface area contributed by atoms with Gasteiger partial charge >= 0.3 is 0 Å². The second-order valence-corrected chi connectivity index (χ2v) is 5.22. The van der Waals surface area contributed by atoms with Crippen LogP contribution in [0, 0.1) is 12.8 Å². The number of nitrogens with one attached hydrogen (secondary N) is 2. The smallest absolute Gasteiger partial charge is 0.291 e. The highest BCUT2D eigenvalue weighted by atomic mass is 16.3. The third-order valence-electron chi connectivity index (χ3n) is 3.45. The van der Waals surface area contributed by atoms with Gasteiger partial charge in [-0.3, -0.25) is 9.59 Å². The van der Waals surface area contributed by atoms with Crippen molar-refractivity contribution in [3.8, 4) is 0 Å². The van der Waals surface area contributed by atoms with Gasteiger partial charge in [-0.15, -0.1) is 0 Å². The molecule has 1 aliphatic carbocycles. The zero-order valence-electron chi connectivity index (χ0n) is 11.7. The van der Waals surface area contributed by atoms with Crippen molar-refractivity contribution in [3.63, 3.8) is 0 Å². The van der Waals surface area contributed by atoms with Gasteiger partial charge in [-0.25, -0.2) is 0 Å². The third-order valence-corrected chi connectivity index (χ3v) is 3.45. The molecule has 0 unspecified atom stereocenters. The van der Waals surface area contributed by atoms with Crippen LogP contribution in [0.15, 0.2) is 41.0 Å². The summed E-state index contributed by atoms with van der Waals surface area (Å²) in [6, 6.07) is 8.67. The molecule has 3 rings (SSSR count). The minimum Gasteiger partial charge on any atom is -0.459 e. The Balaban J connectivity index is 1.73. The van der Waals surface area contributed by atoms with Crippen LogP contribution in [0.1, 0.15) is 29.0 Å². The highest BCUT2D eigenvalue weighted by Gasteiger charge is 2.29. The SMILES string of the molecule is Cc1ccc(NC(=O)c2ccco2)cc1NC(=O)C1CC1. The molecule has 1 aromatic heterocycles. The second-order valence-electron chi connectivity index (χ2n) is 5.22. The zero-order chi connectivity index (χ0) is 14.8. The Hall–Kier alpha value is -2.56. The number of hydrogen-bond acceptors (Lipinski definition) is 3. The van der Waals surface area contributed by atoms with Gasteiger partial charge in [0.15, 0.2) is 5.76 Å². The fourth-order valence-corrected chi connectivity index (χ4v) is 2.02. The van der Waals surface area contributed by atoms with Crippen LogP contribution in [-0.2, 0) is 4.79 Å². The van der Waals surface area contributed by atoms with Gasteiger partial charge in [0.2, 0.25) is 5.91 Å². The molecule has 1 heterocycles. The first kappa shape index (κ1) is 13.4. The Kier molecular flexibility index (Phi) is 3.48. The first-order valence-corrected chi connectivity index (χ1v) is 6.90. The van der Waals surface area contributed by atoms with Crippen molar-refractivity contribution in [1.29, 1.82) is 0 Å². The fraction of sp³-hybridized carbons (Fsp3) is 0.250. The number of benzene rings is 1. The summed E-state index contributed by atoms with van der Waals surface area (Å²) in [4.78, 5) is 23.8. The van der Waals surface area contributed by atoms with Gasteiger partial charge in [-0.05, 0) is 49.6 Å². The van der Waals surface area contributed by atoms with Gasteiger partial charge in [0.05, 0.1) is 6.26 Å². The van der Waals surface area contributed by atoms with E-state index in [1.807, 2.05) is 13.0 Å². The summed E-state index contributed by atoms with van der Waals surface area (Å²) in [6.45, 7) is 1.92. The highest BCUT2D eigenvalue weighted by molar-refractivity contribution is 6.03. The number of amides is 2. The quantitative estimate of drug-likeness (QED) is 0.905. The minimum absolute atomic E-state index is 0.0487. The Morgan fingerprint density at radius 2 is 2.00 bits per heavy atom. The van der Waals surface area contributed by atoms with E-state index in [2.05, 4.69) is 10.6 Å². The molecule has 1 fully saturated rings. The summed E-state index contributed by atoms with van der Waals surface area (Å²) < 4.78 is 5.04. The lowest BCUT2D eigenvalue weighted by Gasteiger charge is -2.11. The fourth-order valence-electron chi connectivity index (χ4n) is 2.02. The molecule has 0 bridgehead atoms. The molecule has 2 amide bonds. The van der Waals surface area contributed by atoms with Crippen LogP contribution in [0.2, 0.25) is 0 Å². The van der Waals surface area contributed by atoms with Crippen LogP contribution in [0.3, 0.4) is 0 Å². The van der Waals surface area contributed by atoms with Crippen molar-refractivity contribution in [2.45, 2.75) is 19.8 Å². The molecule has 2 aromatic rings. The van der Waals surface area contributed by atoms with Gasteiger partial charge in [0.1, 0.15) is 0 Å². The zero-order valence-corrected chi connectivity index (χ0v) is 11.7. The summed E-state index contributed by atoms with van der Waals surface area (Å²) >= 11 is 0. The van der Waals surface area contributed by atoms with Crippen molar-refractivity contribution >= 4 is 23.2 Å². The Bertz CT molecular complexity index is 673. The summed E-state index contributed by atoms with van der Waals surface area (Å²) in [6.07, 6.45) is 3.37. The minimum atomic E-state index is -0.316. The molecule has 5 nitrogen and oxygen atoms in total. The predicted molar refractivity (Wildman–Crippen MR) is 79.2 cm³/mol. The number of hydrogen-bond donors (Lipinski definition) is 2. The molecule has 21 heavy (non-hydrogen) atoms. The number of carbonyl (C=O) groups is 2. The summed E-state index contributed by atoms with van der Waals surface area (Å²) in [5.74, 6) is 0.126. The molecule has 0 radical (unpaired) electrons. The van der Waals surface area contributed by atoms with E-state index >= 15 is 0 Å². The lowest BCUT2D eigenvalue weighted by Crippen LogP contribution is -2.15. The van der Waals surface area contributed by atoms with E-state index in [4.69, 9.17) is 4.42 Å². The number of furan rings is 1. The van der Waals surface area contributed by atoms with E-state index in [1.54, 1.807) is 24.3 Å². The third kappa shape index (κ3) is 3.13. The lowest BCUT2D eigenvalue weighted by atomic mass is 10.1. The van der Waals surface area contributed by atoms with E-state index in [-0.39, 0.29) is 23.5 Å². The maximum absolute atomic E-state index is 11.9. The van der Waals surface area contributed by atoms with Crippen molar-refractivity contribution < 1.29 is 14.0 Å². The highest BCUT2D eigenvalue weighted by Crippen LogP contribution is 2.31. The summed E-state index contributed by atoms with van der Waals surface area (Å²) in [5, 5.41) is 5.65. The molecule has 108 valence electrons. The Morgan fingerprint density at radius 1 is 1.19 bits per heavy atom. The topological polar surface area (TPSA) is 71.3 Å². The second kappa shape index (κ2) is 5.44. The summed E-state index contributed by atoms with van der Waals surface area (Å²) in [5.41, 5.74) is 2.30. The maximum atomic E-state index is 11.9. The molecule has 0 atom stereocenters. The monoisotopic (exact) mass is 284 g/mol. The van der Waals surface area contributed by atoms with Crippen LogP contribution in [0.25, 0.3) is 0 Å². The molecule has 0 aliphatic heterocycles. The van der Waals surface area contributed by atoms with Gasteiger partial charge in [-0.2, -0.15) is 0 Å². The van der Waals surface area contributed by atoms with E-state index in [0.717, 1.165) is 24.1 Å². The first-order valence-electron chi connectivity index (χ1n) is 6.90. The molecular formula is C16H16N2O3. The number of aryl methyl sites for hydroxylation is 1. The van der Waals surface area contributed by atoms with Crippen LogP contribution < -0.4 is 10.6 Å². The number of rotatable bonds is 4. The molecule has 5 heteroatoms. The molecule has 0 saturated heterocycles. The van der Waals surface area contributed by atoms with Crippen LogP contribution in [-0.4, -0.2) is 11.8 Å². The normalized spacial score (nSPS) is 13.8. The Morgan fingerprint density at radius 3 is 2.67 bits per heavy atom. The molecule has 0 spiro atoms. The first-order chi connectivity index (χ1) is 10.1. The largest absolute Gasteiger partial charge is 0.459 e. The van der Waals surface area contributed by atoms with Gasteiger partial charge in [-0.1, -0.05) is 6.07 Å². The van der Waals surface area contributed by atoms with Gasteiger partial charge < -0.3 is 15.1 Å². The standard InChI is InChI=1S/C16H16N2O3/c1-10-4-7-12(17-16(20)14-3-2-8-21-14)9-13(10)18-15(19)11-5-6-11/h2-4,7-9,11H,5-6H2,1H3,(H,17,20)(H,18,19). The van der Waals surface area contributed by atoms with E-state index in [9.17, 15) is 9.59 Å². The maximum Gasteiger partial charge on any atom is 0.291 e. The molecule has 1 aromatic carbocycles. The predicted octanol–water partition coefficient (Wildman–Crippen LogP) is 3.19. The van der Waals surface area contributed by atoms with Gasteiger partial charge in [0.25, 0.3) is 5.91 Å². The molecule has 1 aliphatic rings. The number of carbonyl (C=O) groups excluding carboxylic acids is 2. The average molecular weight is 284 g/mol. The van der Waals surface area contributed by atoms with Crippen molar-refractivity contribution in [1.82, 2.24) is 0 Å². The average Bonchev–Trinajstić information content (AvgIpc) is 3.17. The lowest BCUT2D eigenvalue weighted by molar-refractivity contribution is -0.117.